The minimum Gasteiger partial charge on any atom is -0.342 e. The van der Waals surface area contributed by atoms with Crippen molar-refractivity contribution in [2.24, 2.45) is 23.7 Å². The summed E-state index contributed by atoms with van der Waals surface area (Å²) in [5.41, 5.74) is 2.01. The maximum absolute atomic E-state index is 13.1. The van der Waals surface area contributed by atoms with E-state index in [0.29, 0.717) is 31.5 Å². The molecule has 0 unspecified atom stereocenters. The van der Waals surface area contributed by atoms with Crippen molar-refractivity contribution in [3.8, 4) is 0 Å². The zero-order valence-corrected chi connectivity index (χ0v) is 19.0. The smallest absolute Gasteiger partial charge is 0.228 e. The Morgan fingerprint density at radius 1 is 0.839 bits per heavy atom. The van der Waals surface area contributed by atoms with Gasteiger partial charge in [0.25, 0.3) is 0 Å². The molecule has 0 saturated carbocycles. The Labute approximate surface area is 185 Å². The normalized spacial score (nSPS) is 27.6. The highest BCUT2D eigenvalue weighted by molar-refractivity contribution is 6.00. The van der Waals surface area contributed by atoms with Gasteiger partial charge >= 0.3 is 0 Å². The molecule has 6 nitrogen and oxygen atoms in total. The molecule has 3 aliphatic rings. The molecule has 168 valence electrons. The SMILES string of the molecule is Cc1ccc(N2C[C@@H](C(=O)N3CCC(C(=O)N4C[C@H](C)C[C@H](C)C4)CC3)CC2=O)cc1. The molecule has 0 aromatic heterocycles. The van der Waals surface area contributed by atoms with E-state index >= 15 is 0 Å². The molecule has 31 heavy (non-hydrogen) atoms. The van der Waals surface area contributed by atoms with Crippen LogP contribution in [0.25, 0.3) is 0 Å². The Bertz CT molecular complexity index is 819. The Balaban J connectivity index is 1.31. The van der Waals surface area contributed by atoms with E-state index in [4.69, 9.17) is 0 Å². The molecule has 3 heterocycles. The lowest BCUT2D eigenvalue weighted by molar-refractivity contribution is -0.144. The van der Waals surface area contributed by atoms with Crippen molar-refractivity contribution in [2.75, 3.05) is 37.6 Å². The van der Waals surface area contributed by atoms with Gasteiger partial charge in [0.2, 0.25) is 17.7 Å². The molecule has 3 amide bonds. The van der Waals surface area contributed by atoms with Crippen LogP contribution in [0, 0.1) is 30.6 Å². The molecule has 0 N–H and O–H groups in total. The van der Waals surface area contributed by atoms with E-state index < -0.39 is 0 Å². The fourth-order valence-corrected chi connectivity index (χ4v) is 5.55. The number of nitrogens with zero attached hydrogens (tertiary/aromatic N) is 3. The lowest BCUT2D eigenvalue weighted by Crippen LogP contribution is -2.49. The van der Waals surface area contributed by atoms with Crippen LogP contribution in [0.4, 0.5) is 5.69 Å². The molecule has 6 heteroatoms. The summed E-state index contributed by atoms with van der Waals surface area (Å²) < 4.78 is 0. The van der Waals surface area contributed by atoms with Crippen molar-refractivity contribution < 1.29 is 14.4 Å². The number of carbonyl (C=O) groups is 3. The minimum absolute atomic E-state index is 0.0144. The van der Waals surface area contributed by atoms with Gasteiger partial charge in [-0.05, 0) is 50.2 Å². The predicted molar refractivity (Wildman–Crippen MR) is 120 cm³/mol. The number of carbonyl (C=O) groups excluding carboxylic acids is 3. The van der Waals surface area contributed by atoms with Crippen LogP contribution in [0.15, 0.2) is 24.3 Å². The second-order valence-corrected chi connectivity index (χ2v) is 10.0. The molecule has 3 aliphatic heterocycles. The molecule has 0 spiro atoms. The van der Waals surface area contributed by atoms with Crippen LogP contribution in [0.1, 0.15) is 45.1 Å². The number of benzene rings is 1. The molecule has 0 bridgehead atoms. The summed E-state index contributed by atoms with van der Waals surface area (Å²) in [5, 5.41) is 0. The summed E-state index contributed by atoms with van der Waals surface area (Å²) in [5.74, 6) is 1.21. The minimum atomic E-state index is -0.287. The number of piperidine rings is 2. The number of rotatable bonds is 3. The third-order valence-electron chi connectivity index (χ3n) is 7.16. The van der Waals surface area contributed by atoms with Gasteiger partial charge in [-0.15, -0.1) is 0 Å². The van der Waals surface area contributed by atoms with Crippen LogP contribution in [-0.4, -0.2) is 60.2 Å². The summed E-state index contributed by atoms with van der Waals surface area (Å²) >= 11 is 0. The standard InChI is InChI=1S/C25H35N3O3/c1-17-4-6-22(7-5-17)28-16-21(13-23(28)29)25(31)26-10-8-20(9-11-26)24(30)27-14-18(2)12-19(3)15-27/h4-7,18-21H,8-16H2,1-3H3/t18-,19+,21-/m0/s1. The first-order valence-electron chi connectivity index (χ1n) is 11.8. The number of likely N-dealkylation sites (tertiary alicyclic amines) is 2. The number of amides is 3. The van der Waals surface area contributed by atoms with Crippen molar-refractivity contribution in [1.29, 1.82) is 0 Å². The summed E-state index contributed by atoms with van der Waals surface area (Å²) in [4.78, 5) is 44.3. The summed E-state index contributed by atoms with van der Waals surface area (Å²) in [6.45, 7) is 9.86. The first kappa shape index (κ1) is 21.8. The third kappa shape index (κ3) is 4.78. The van der Waals surface area contributed by atoms with Gasteiger partial charge in [0.15, 0.2) is 0 Å². The third-order valence-corrected chi connectivity index (χ3v) is 7.16. The van der Waals surface area contributed by atoms with Crippen LogP contribution in [0.5, 0.6) is 0 Å². The van der Waals surface area contributed by atoms with Gasteiger partial charge in [-0.25, -0.2) is 0 Å². The fourth-order valence-electron chi connectivity index (χ4n) is 5.55. The quantitative estimate of drug-likeness (QED) is 0.748. The van der Waals surface area contributed by atoms with Gasteiger partial charge in [0.1, 0.15) is 0 Å². The zero-order chi connectivity index (χ0) is 22.1. The monoisotopic (exact) mass is 425 g/mol. The van der Waals surface area contributed by atoms with Crippen molar-refractivity contribution >= 4 is 23.4 Å². The van der Waals surface area contributed by atoms with E-state index in [2.05, 4.69) is 18.7 Å². The summed E-state index contributed by atoms with van der Waals surface area (Å²) in [7, 11) is 0. The molecular weight excluding hydrogens is 390 g/mol. The van der Waals surface area contributed by atoms with E-state index in [1.807, 2.05) is 36.1 Å². The molecule has 3 fully saturated rings. The van der Waals surface area contributed by atoms with Crippen molar-refractivity contribution in [1.82, 2.24) is 9.80 Å². The molecule has 3 atom stereocenters. The topological polar surface area (TPSA) is 60.9 Å². The van der Waals surface area contributed by atoms with Gasteiger partial charge in [-0.3, -0.25) is 14.4 Å². The highest BCUT2D eigenvalue weighted by atomic mass is 16.2. The van der Waals surface area contributed by atoms with Crippen LogP contribution >= 0.6 is 0 Å². The van der Waals surface area contributed by atoms with Crippen LogP contribution in [-0.2, 0) is 14.4 Å². The van der Waals surface area contributed by atoms with E-state index in [1.165, 1.54) is 6.42 Å². The van der Waals surface area contributed by atoms with Crippen LogP contribution < -0.4 is 4.90 Å². The molecule has 4 rings (SSSR count). The highest BCUT2D eigenvalue weighted by Gasteiger charge is 2.39. The molecule has 1 aromatic rings. The van der Waals surface area contributed by atoms with Crippen molar-refractivity contribution in [3.05, 3.63) is 29.8 Å². The first-order chi connectivity index (χ1) is 14.8. The molecule has 0 aliphatic carbocycles. The van der Waals surface area contributed by atoms with E-state index in [-0.39, 0.29) is 36.0 Å². The second-order valence-electron chi connectivity index (χ2n) is 10.0. The van der Waals surface area contributed by atoms with Crippen molar-refractivity contribution in [3.63, 3.8) is 0 Å². The van der Waals surface area contributed by atoms with E-state index in [0.717, 1.165) is 37.2 Å². The molecule has 1 aromatic carbocycles. The molecular formula is C25H35N3O3. The van der Waals surface area contributed by atoms with Gasteiger partial charge in [0.05, 0.1) is 5.92 Å². The largest absolute Gasteiger partial charge is 0.342 e. The van der Waals surface area contributed by atoms with Gasteiger partial charge in [-0.2, -0.15) is 0 Å². The zero-order valence-electron chi connectivity index (χ0n) is 19.0. The molecule has 0 radical (unpaired) electrons. The fraction of sp³-hybridized carbons (Fsp3) is 0.640. The van der Waals surface area contributed by atoms with Crippen molar-refractivity contribution in [2.45, 2.75) is 46.5 Å². The predicted octanol–water partition coefficient (Wildman–Crippen LogP) is 3.09. The van der Waals surface area contributed by atoms with Gasteiger partial charge < -0.3 is 14.7 Å². The summed E-state index contributed by atoms with van der Waals surface area (Å²) in [6.07, 6.45) is 2.92. The maximum Gasteiger partial charge on any atom is 0.228 e. The van der Waals surface area contributed by atoms with Crippen LogP contribution in [0.2, 0.25) is 0 Å². The lowest BCUT2D eigenvalue weighted by atomic mass is 9.89. The van der Waals surface area contributed by atoms with E-state index in [1.54, 1.807) is 4.90 Å². The number of aryl methyl sites for hydroxylation is 1. The average Bonchev–Trinajstić information content (AvgIpc) is 3.14. The average molecular weight is 426 g/mol. The Hall–Kier alpha value is -2.37. The first-order valence-corrected chi connectivity index (χ1v) is 11.8. The van der Waals surface area contributed by atoms with E-state index in [9.17, 15) is 14.4 Å². The van der Waals surface area contributed by atoms with Gasteiger partial charge in [0, 0.05) is 50.7 Å². The second kappa shape index (κ2) is 9.01. The number of hydrogen-bond acceptors (Lipinski definition) is 3. The lowest BCUT2D eigenvalue weighted by Gasteiger charge is -2.39. The maximum atomic E-state index is 13.1. The Morgan fingerprint density at radius 2 is 1.42 bits per heavy atom. The molecule has 3 saturated heterocycles. The Morgan fingerprint density at radius 3 is 2.03 bits per heavy atom. The Kier molecular flexibility index (Phi) is 6.35. The van der Waals surface area contributed by atoms with Crippen LogP contribution in [0.3, 0.4) is 0 Å². The summed E-state index contributed by atoms with van der Waals surface area (Å²) in [6, 6.07) is 7.87. The number of anilines is 1. The number of hydrogen-bond donors (Lipinski definition) is 0. The van der Waals surface area contributed by atoms with Gasteiger partial charge in [-0.1, -0.05) is 31.5 Å². The highest BCUT2D eigenvalue weighted by Crippen LogP contribution is 2.29.